The molecule has 0 spiro atoms. The first-order valence-electron chi connectivity index (χ1n) is 6.21. The van der Waals surface area contributed by atoms with Crippen LogP contribution in [0.5, 0.6) is 0 Å². The highest BCUT2D eigenvalue weighted by Gasteiger charge is 2.26. The van der Waals surface area contributed by atoms with Crippen LogP contribution in [0.25, 0.3) is 10.9 Å². The van der Waals surface area contributed by atoms with Crippen LogP contribution in [-0.4, -0.2) is 36.1 Å². The number of aromatic nitrogens is 1. The molecule has 1 aromatic carbocycles. The van der Waals surface area contributed by atoms with Gasteiger partial charge in [0, 0.05) is 43.2 Å². The monoisotopic (exact) mass is 243 g/mol. The number of nitrogens with one attached hydrogen (secondary N) is 2. The van der Waals surface area contributed by atoms with Crippen LogP contribution in [0.15, 0.2) is 24.3 Å². The summed E-state index contributed by atoms with van der Waals surface area (Å²) in [6, 6.07) is 8.53. The minimum absolute atomic E-state index is 0.0190. The molecule has 4 heteroatoms. The third-order valence-corrected chi connectivity index (χ3v) is 3.54. The predicted octanol–water partition coefficient (Wildman–Crippen LogP) is 1.91. The van der Waals surface area contributed by atoms with Crippen LogP contribution in [0.4, 0.5) is 4.79 Å². The summed E-state index contributed by atoms with van der Waals surface area (Å²) in [7, 11) is 3.53. The summed E-state index contributed by atoms with van der Waals surface area (Å²) in [4.78, 5) is 16.7. The van der Waals surface area contributed by atoms with Crippen LogP contribution in [0.3, 0.4) is 0 Å². The Kier molecular flexibility index (Phi) is 2.51. The van der Waals surface area contributed by atoms with Gasteiger partial charge in [-0.15, -0.1) is 0 Å². The summed E-state index contributed by atoms with van der Waals surface area (Å²) in [6.45, 7) is 0. The Bertz CT molecular complexity index is 600. The first-order valence-corrected chi connectivity index (χ1v) is 6.21. The number of rotatable bonds is 1. The van der Waals surface area contributed by atoms with Crippen molar-refractivity contribution in [3.8, 4) is 0 Å². The van der Waals surface area contributed by atoms with E-state index in [-0.39, 0.29) is 12.1 Å². The Labute approximate surface area is 106 Å². The molecule has 18 heavy (non-hydrogen) atoms. The fourth-order valence-electron chi connectivity index (χ4n) is 2.63. The number of hydrogen-bond donors (Lipinski definition) is 2. The number of fused-ring (bicyclic) bond motifs is 3. The van der Waals surface area contributed by atoms with Crippen molar-refractivity contribution in [3.63, 3.8) is 0 Å². The molecule has 0 bridgehead atoms. The average Bonchev–Trinajstić information content (AvgIpc) is 2.85. The van der Waals surface area contributed by atoms with Gasteiger partial charge in [-0.1, -0.05) is 18.2 Å². The molecule has 2 N–H and O–H groups in total. The lowest BCUT2D eigenvalue weighted by Crippen LogP contribution is -2.41. The second-order valence-electron chi connectivity index (χ2n) is 5.08. The van der Waals surface area contributed by atoms with E-state index < -0.39 is 0 Å². The van der Waals surface area contributed by atoms with Gasteiger partial charge in [-0.2, -0.15) is 0 Å². The minimum Gasteiger partial charge on any atom is -0.358 e. The smallest absolute Gasteiger partial charge is 0.317 e. The minimum atomic E-state index is -0.0190. The lowest BCUT2D eigenvalue weighted by atomic mass is 10.1. The fraction of sp³-hybridized carbons (Fsp3) is 0.357. The van der Waals surface area contributed by atoms with E-state index in [1.807, 2.05) is 6.07 Å². The van der Waals surface area contributed by atoms with Gasteiger partial charge in [-0.3, -0.25) is 0 Å². The fourth-order valence-corrected chi connectivity index (χ4v) is 2.63. The van der Waals surface area contributed by atoms with Crippen molar-refractivity contribution in [3.05, 3.63) is 35.5 Å². The molecule has 1 heterocycles. The number of urea groups is 1. The molecule has 1 atom stereocenters. The van der Waals surface area contributed by atoms with Crippen LogP contribution >= 0.6 is 0 Å². The van der Waals surface area contributed by atoms with Gasteiger partial charge < -0.3 is 15.2 Å². The van der Waals surface area contributed by atoms with Gasteiger partial charge in [0.25, 0.3) is 0 Å². The summed E-state index contributed by atoms with van der Waals surface area (Å²) in [5, 5.41) is 4.33. The van der Waals surface area contributed by atoms with Crippen molar-refractivity contribution in [2.75, 3.05) is 14.1 Å². The maximum Gasteiger partial charge on any atom is 0.317 e. The summed E-state index contributed by atoms with van der Waals surface area (Å²) < 4.78 is 0. The van der Waals surface area contributed by atoms with Crippen LogP contribution in [0.1, 0.15) is 11.3 Å². The van der Waals surface area contributed by atoms with Crippen molar-refractivity contribution in [2.45, 2.75) is 18.9 Å². The maximum absolute atomic E-state index is 11.6. The average molecular weight is 243 g/mol. The van der Waals surface area contributed by atoms with E-state index in [9.17, 15) is 4.79 Å². The molecule has 1 aliphatic carbocycles. The van der Waals surface area contributed by atoms with Gasteiger partial charge in [-0.25, -0.2) is 4.79 Å². The largest absolute Gasteiger partial charge is 0.358 e. The molecule has 0 saturated carbocycles. The van der Waals surface area contributed by atoms with Gasteiger partial charge in [0.2, 0.25) is 0 Å². The van der Waals surface area contributed by atoms with E-state index in [1.165, 1.54) is 22.2 Å². The van der Waals surface area contributed by atoms with Gasteiger partial charge >= 0.3 is 6.03 Å². The third-order valence-electron chi connectivity index (χ3n) is 3.54. The maximum atomic E-state index is 11.6. The van der Waals surface area contributed by atoms with Crippen LogP contribution in [0, 0.1) is 0 Å². The normalized spacial score (nSPS) is 17.8. The summed E-state index contributed by atoms with van der Waals surface area (Å²) in [5.41, 5.74) is 3.81. The Morgan fingerprint density at radius 2 is 2.11 bits per heavy atom. The molecule has 0 radical (unpaired) electrons. The Morgan fingerprint density at radius 1 is 1.33 bits per heavy atom. The Balaban J connectivity index is 1.82. The molecule has 1 unspecified atom stereocenters. The van der Waals surface area contributed by atoms with Gasteiger partial charge in [-0.05, 0) is 18.1 Å². The number of amides is 2. The van der Waals surface area contributed by atoms with Gasteiger partial charge in [0.15, 0.2) is 0 Å². The zero-order valence-corrected chi connectivity index (χ0v) is 10.7. The highest BCUT2D eigenvalue weighted by atomic mass is 16.2. The van der Waals surface area contributed by atoms with Gasteiger partial charge in [0.1, 0.15) is 0 Å². The van der Waals surface area contributed by atoms with Crippen molar-refractivity contribution >= 4 is 16.9 Å². The molecule has 3 rings (SSSR count). The molecule has 94 valence electrons. The molecule has 4 nitrogen and oxygen atoms in total. The molecule has 0 saturated heterocycles. The second-order valence-corrected chi connectivity index (χ2v) is 5.08. The van der Waals surface area contributed by atoms with Gasteiger partial charge in [0.05, 0.1) is 0 Å². The van der Waals surface area contributed by atoms with Crippen molar-refractivity contribution < 1.29 is 4.79 Å². The molecule has 0 aliphatic heterocycles. The van der Waals surface area contributed by atoms with Crippen molar-refractivity contribution in [1.29, 1.82) is 0 Å². The number of para-hydroxylation sites is 1. The highest BCUT2D eigenvalue weighted by Crippen LogP contribution is 2.29. The number of benzene rings is 1. The molecular weight excluding hydrogens is 226 g/mol. The molecular formula is C14H17N3O. The zero-order chi connectivity index (χ0) is 12.7. The molecule has 0 fully saturated rings. The van der Waals surface area contributed by atoms with E-state index in [4.69, 9.17) is 0 Å². The van der Waals surface area contributed by atoms with E-state index in [0.717, 1.165) is 12.8 Å². The quantitative estimate of drug-likeness (QED) is 0.789. The highest BCUT2D eigenvalue weighted by molar-refractivity contribution is 5.85. The lowest BCUT2D eigenvalue weighted by Gasteiger charge is -2.16. The van der Waals surface area contributed by atoms with Crippen LogP contribution in [-0.2, 0) is 12.8 Å². The Morgan fingerprint density at radius 3 is 2.89 bits per heavy atom. The first-order chi connectivity index (χ1) is 8.65. The Hall–Kier alpha value is -1.97. The number of carbonyl (C=O) groups is 1. The number of nitrogens with zero attached hydrogens (tertiary/aromatic N) is 1. The predicted molar refractivity (Wildman–Crippen MR) is 71.7 cm³/mol. The van der Waals surface area contributed by atoms with Crippen LogP contribution < -0.4 is 5.32 Å². The zero-order valence-electron chi connectivity index (χ0n) is 10.7. The SMILES string of the molecule is CN(C)C(=O)NC1Cc2[nH]c3ccccc3c2C1. The third kappa shape index (κ3) is 1.74. The first kappa shape index (κ1) is 11.1. The summed E-state index contributed by atoms with van der Waals surface area (Å²) in [6.07, 6.45) is 1.81. The lowest BCUT2D eigenvalue weighted by molar-refractivity contribution is 0.213. The van der Waals surface area contributed by atoms with Crippen molar-refractivity contribution in [2.24, 2.45) is 0 Å². The molecule has 2 aromatic rings. The van der Waals surface area contributed by atoms with Crippen LogP contribution in [0.2, 0.25) is 0 Å². The van der Waals surface area contributed by atoms with E-state index in [0.29, 0.717) is 0 Å². The van der Waals surface area contributed by atoms with Crippen molar-refractivity contribution in [1.82, 2.24) is 15.2 Å². The number of aromatic amines is 1. The molecule has 2 amide bonds. The number of carbonyl (C=O) groups excluding carboxylic acids is 1. The molecule has 1 aliphatic rings. The van der Waals surface area contributed by atoms with E-state index in [2.05, 4.69) is 28.5 Å². The second kappa shape index (κ2) is 4.05. The molecule has 1 aromatic heterocycles. The number of hydrogen-bond acceptors (Lipinski definition) is 1. The van der Waals surface area contributed by atoms with E-state index in [1.54, 1.807) is 19.0 Å². The summed E-state index contributed by atoms with van der Waals surface area (Å²) in [5.74, 6) is 0. The topological polar surface area (TPSA) is 48.1 Å². The van der Waals surface area contributed by atoms with E-state index >= 15 is 0 Å². The number of H-pyrrole nitrogens is 1. The standard InChI is InChI=1S/C14H17N3O/c1-17(2)14(18)15-9-7-11-10-5-3-4-6-12(10)16-13(11)8-9/h3-6,9,16H,7-8H2,1-2H3,(H,15,18). The summed E-state index contributed by atoms with van der Waals surface area (Å²) >= 11 is 0.